The number of benzene rings is 1. The first kappa shape index (κ1) is 12.7. The number of halogens is 2. The standard InChI is InChI=1S/C12H8FIN2O2/c13-9-3-1-8(2-4-9)12(17)16-15-7-10-5-6-11(14)18-10/h1-7H,(H,16,17). The summed E-state index contributed by atoms with van der Waals surface area (Å²) in [5.41, 5.74) is 2.66. The molecule has 92 valence electrons. The van der Waals surface area contributed by atoms with E-state index in [1.165, 1.54) is 30.5 Å². The van der Waals surface area contributed by atoms with E-state index in [1.807, 2.05) is 22.6 Å². The van der Waals surface area contributed by atoms with Crippen molar-refractivity contribution < 1.29 is 13.6 Å². The van der Waals surface area contributed by atoms with Crippen LogP contribution in [0.3, 0.4) is 0 Å². The van der Waals surface area contributed by atoms with E-state index in [1.54, 1.807) is 12.1 Å². The molecule has 0 aliphatic carbocycles. The summed E-state index contributed by atoms with van der Waals surface area (Å²) >= 11 is 2.03. The fourth-order valence-electron chi connectivity index (χ4n) is 1.22. The van der Waals surface area contributed by atoms with Crippen LogP contribution in [-0.2, 0) is 0 Å². The number of nitrogens with zero attached hydrogens (tertiary/aromatic N) is 1. The van der Waals surface area contributed by atoms with E-state index in [0.29, 0.717) is 11.3 Å². The highest BCUT2D eigenvalue weighted by atomic mass is 127. The lowest BCUT2D eigenvalue weighted by molar-refractivity contribution is 0.0955. The molecule has 0 atom stereocenters. The minimum atomic E-state index is -0.410. The van der Waals surface area contributed by atoms with Gasteiger partial charge >= 0.3 is 0 Å². The van der Waals surface area contributed by atoms with E-state index in [-0.39, 0.29) is 5.82 Å². The van der Waals surface area contributed by atoms with Gasteiger partial charge in [0.25, 0.3) is 5.91 Å². The minimum absolute atomic E-state index is 0.336. The van der Waals surface area contributed by atoms with Crippen LogP contribution in [0.25, 0.3) is 0 Å². The van der Waals surface area contributed by atoms with Gasteiger partial charge in [0.2, 0.25) is 0 Å². The van der Waals surface area contributed by atoms with Gasteiger partial charge in [0.05, 0.1) is 6.21 Å². The SMILES string of the molecule is O=C(NN=Cc1ccc(I)o1)c1ccc(F)cc1. The highest BCUT2D eigenvalue weighted by Crippen LogP contribution is 2.07. The van der Waals surface area contributed by atoms with Crippen LogP contribution >= 0.6 is 22.6 Å². The molecule has 0 aliphatic heterocycles. The van der Waals surface area contributed by atoms with Crippen LogP contribution in [-0.4, -0.2) is 12.1 Å². The Balaban J connectivity index is 1.96. The molecular weight excluding hydrogens is 350 g/mol. The molecule has 0 aliphatic rings. The number of carbonyl (C=O) groups excluding carboxylic acids is 1. The average Bonchev–Trinajstić information content (AvgIpc) is 2.76. The molecule has 2 aromatic rings. The largest absolute Gasteiger partial charge is 0.449 e. The molecule has 1 amide bonds. The van der Waals surface area contributed by atoms with Gasteiger partial charge in [-0.25, -0.2) is 9.82 Å². The van der Waals surface area contributed by atoms with Crippen molar-refractivity contribution in [2.45, 2.75) is 0 Å². The summed E-state index contributed by atoms with van der Waals surface area (Å²) in [4.78, 5) is 11.6. The highest BCUT2D eigenvalue weighted by molar-refractivity contribution is 14.1. The van der Waals surface area contributed by atoms with Crippen LogP contribution < -0.4 is 5.43 Å². The van der Waals surface area contributed by atoms with Gasteiger partial charge in [0.1, 0.15) is 11.6 Å². The summed E-state index contributed by atoms with van der Waals surface area (Å²) in [6, 6.07) is 8.71. The summed E-state index contributed by atoms with van der Waals surface area (Å²) in [5, 5.41) is 3.74. The number of hydrazone groups is 1. The molecule has 6 heteroatoms. The van der Waals surface area contributed by atoms with Crippen molar-refractivity contribution in [1.82, 2.24) is 5.43 Å². The lowest BCUT2D eigenvalue weighted by Crippen LogP contribution is -2.17. The molecule has 0 radical (unpaired) electrons. The van der Waals surface area contributed by atoms with Crippen molar-refractivity contribution in [3.63, 3.8) is 0 Å². The van der Waals surface area contributed by atoms with Crippen molar-refractivity contribution in [3.05, 3.63) is 57.3 Å². The number of hydrogen-bond acceptors (Lipinski definition) is 3. The molecule has 0 saturated heterocycles. The average molecular weight is 358 g/mol. The Labute approximate surface area is 116 Å². The fourth-order valence-corrected chi connectivity index (χ4v) is 1.65. The predicted octanol–water partition coefficient (Wildman–Crippen LogP) is 2.79. The van der Waals surface area contributed by atoms with Crippen molar-refractivity contribution in [3.8, 4) is 0 Å². The zero-order valence-corrected chi connectivity index (χ0v) is 11.2. The first-order valence-corrected chi connectivity index (χ1v) is 6.07. The predicted molar refractivity (Wildman–Crippen MR) is 72.9 cm³/mol. The lowest BCUT2D eigenvalue weighted by atomic mass is 10.2. The summed E-state index contributed by atoms with van der Waals surface area (Å²) < 4.78 is 18.6. The first-order valence-electron chi connectivity index (χ1n) is 4.99. The molecule has 2 rings (SSSR count). The zero-order chi connectivity index (χ0) is 13.0. The van der Waals surface area contributed by atoms with Gasteiger partial charge in [0.15, 0.2) is 3.77 Å². The zero-order valence-electron chi connectivity index (χ0n) is 9.06. The molecule has 1 N–H and O–H groups in total. The number of rotatable bonds is 3. The highest BCUT2D eigenvalue weighted by Gasteiger charge is 2.03. The second kappa shape index (κ2) is 5.76. The van der Waals surface area contributed by atoms with Gasteiger partial charge in [-0.1, -0.05) is 0 Å². The second-order valence-corrected chi connectivity index (χ2v) is 4.41. The third kappa shape index (κ3) is 3.39. The molecular formula is C12H8FIN2O2. The monoisotopic (exact) mass is 358 g/mol. The normalized spacial score (nSPS) is 10.8. The Morgan fingerprint density at radius 3 is 2.61 bits per heavy atom. The van der Waals surface area contributed by atoms with E-state index in [0.717, 1.165) is 3.77 Å². The van der Waals surface area contributed by atoms with E-state index in [4.69, 9.17) is 4.42 Å². The maximum absolute atomic E-state index is 12.7. The summed E-state index contributed by atoms with van der Waals surface area (Å²) in [7, 11) is 0. The molecule has 0 fully saturated rings. The Kier molecular flexibility index (Phi) is 4.08. The third-order valence-corrected chi connectivity index (χ3v) is 2.64. The lowest BCUT2D eigenvalue weighted by Gasteiger charge is -1.98. The molecule has 1 aromatic carbocycles. The third-order valence-electron chi connectivity index (χ3n) is 2.06. The van der Waals surface area contributed by atoms with E-state index in [9.17, 15) is 9.18 Å². The Morgan fingerprint density at radius 2 is 2.00 bits per heavy atom. The van der Waals surface area contributed by atoms with Crippen molar-refractivity contribution in [2.24, 2.45) is 5.10 Å². The van der Waals surface area contributed by atoms with Gasteiger partial charge in [-0.05, 0) is 59.0 Å². The molecule has 1 aromatic heterocycles. The fraction of sp³-hybridized carbons (Fsp3) is 0. The number of nitrogens with one attached hydrogen (secondary N) is 1. The smallest absolute Gasteiger partial charge is 0.271 e. The topological polar surface area (TPSA) is 54.6 Å². The van der Waals surface area contributed by atoms with Crippen molar-refractivity contribution in [2.75, 3.05) is 0 Å². The number of carbonyl (C=O) groups is 1. The van der Waals surface area contributed by atoms with Gasteiger partial charge in [0, 0.05) is 5.56 Å². The second-order valence-electron chi connectivity index (χ2n) is 3.35. The van der Waals surface area contributed by atoms with Crippen LogP contribution in [0.1, 0.15) is 16.1 Å². The molecule has 18 heavy (non-hydrogen) atoms. The van der Waals surface area contributed by atoms with Gasteiger partial charge < -0.3 is 4.42 Å². The minimum Gasteiger partial charge on any atom is -0.449 e. The van der Waals surface area contributed by atoms with Crippen LogP contribution in [0.4, 0.5) is 4.39 Å². The summed E-state index contributed by atoms with van der Waals surface area (Å²) in [5.74, 6) is -0.258. The molecule has 0 saturated carbocycles. The number of amides is 1. The van der Waals surface area contributed by atoms with Gasteiger partial charge in [-0.3, -0.25) is 4.79 Å². The maximum atomic E-state index is 12.7. The maximum Gasteiger partial charge on any atom is 0.271 e. The summed E-state index contributed by atoms with van der Waals surface area (Å²) in [6.07, 6.45) is 1.39. The number of furan rings is 1. The number of hydrogen-bond donors (Lipinski definition) is 1. The van der Waals surface area contributed by atoms with E-state index >= 15 is 0 Å². The quantitative estimate of drug-likeness (QED) is 0.521. The van der Waals surface area contributed by atoms with Crippen molar-refractivity contribution in [1.29, 1.82) is 0 Å². The first-order chi connectivity index (χ1) is 8.65. The van der Waals surface area contributed by atoms with Crippen LogP contribution in [0.5, 0.6) is 0 Å². The Bertz CT molecular complexity index is 578. The Morgan fingerprint density at radius 1 is 1.28 bits per heavy atom. The van der Waals surface area contributed by atoms with Crippen molar-refractivity contribution >= 4 is 34.7 Å². The summed E-state index contributed by atoms with van der Waals surface area (Å²) in [6.45, 7) is 0. The van der Waals surface area contributed by atoms with Gasteiger partial charge in [-0.2, -0.15) is 5.10 Å². The molecule has 0 bridgehead atoms. The van der Waals surface area contributed by atoms with Gasteiger partial charge in [-0.15, -0.1) is 0 Å². The molecule has 0 spiro atoms. The molecule has 4 nitrogen and oxygen atoms in total. The van der Waals surface area contributed by atoms with Crippen LogP contribution in [0, 0.1) is 9.58 Å². The van der Waals surface area contributed by atoms with E-state index in [2.05, 4.69) is 10.5 Å². The van der Waals surface area contributed by atoms with Crippen LogP contribution in [0.15, 0.2) is 45.9 Å². The molecule has 1 heterocycles. The van der Waals surface area contributed by atoms with Crippen LogP contribution in [0.2, 0.25) is 0 Å². The molecule has 0 unspecified atom stereocenters. The van der Waals surface area contributed by atoms with E-state index < -0.39 is 5.91 Å². The Hall–Kier alpha value is -1.70.